The van der Waals surface area contributed by atoms with Gasteiger partial charge in [-0.15, -0.1) is 0 Å². The van der Waals surface area contributed by atoms with Crippen LogP contribution in [-0.2, 0) is 0 Å². The third-order valence-corrected chi connectivity index (χ3v) is 4.77. The molecule has 0 radical (unpaired) electrons. The fourth-order valence-electron chi connectivity index (χ4n) is 3.34. The maximum Gasteiger partial charge on any atom is 0.298 e. The Balaban J connectivity index is 1.40. The summed E-state index contributed by atoms with van der Waals surface area (Å²) in [6.45, 7) is 1.82. The van der Waals surface area contributed by atoms with Crippen molar-refractivity contribution in [3.05, 3.63) is 42.5 Å². The minimum Gasteiger partial charge on any atom is -0.497 e. The summed E-state index contributed by atoms with van der Waals surface area (Å²) in [5.41, 5.74) is 2.76. The van der Waals surface area contributed by atoms with Crippen LogP contribution in [0.2, 0.25) is 0 Å². The van der Waals surface area contributed by atoms with Crippen LogP contribution in [-0.4, -0.2) is 38.3 Å². The van der Waals surface area contributed by atoms with Crippen molar-refractivity contribution in [3.63, 3.8) is 0 Å². The average Bonchev–Trinajstić information content (AvgIpc) is 3.12. The molecule has 1 aromatic heterocycles. The summed E-state index contributed by atoms with van der Waals surface area (Å²) in [5, 5.41) is 3.59. The molecule has 1 saturated heterocycles. The van der Waals surface area contributed by atoms with E-state index in [1.165, 1.54) is 0 Å². The average molecular weight is 353 g/mol. The highest BCUT2D eigenvalue weighted by Gasteiger charge is 2.22. The largest absolute Gasteiger partial charge is 0.497 e. The number of nitrogens with one attached hydrogen (secondary N) is 1. The standard InChI is InChI=1S/C20H23N3O3/c1-24-16-11-15(12-17(13-16)25-2)21-14-7-9-23(10-8-14)20-22-18-5-3-4-6-19(18)26-20/h3-6,11-14,21H,7-10H2,1-2H3. The number of aromatic nitrogens is 1. The highest BCUT2D eigenvalue weighted by Crippen LogP contribution is 2.29. The van der Waals surface area contributed by atoms with Gasteiger partial charge in [0.15, 0.2) is 5.58 Å². The van der Waals surface area contributed by atoms with Gasteiger partial charge in [-0.05, 0) is 25.0 Å². The van der Waals surface area contributed by atoms with Crippen molar-refractivity contribution in [3.8, 4) is 11.5 Å². The van der Waals surface area contributed by atoms with Crippen molar-refractivity contribution in [2.24, 2.45) is 0 Å². The molecule has 0 atom stereocenters. The third-order valence-electron chi connectivity index (χ3n) is 4.77. The lowest BCUT2D eigenvalue weighted by Gasteiger charge is -2.32. The van der Waals surface area contributed by atoms with E-state index in [1.807, 2.05) is 42.5 Å². The highest BCUT2D eigenvalue weighted by molar-refractivity contribution is 5.74. The Labute approximate surface area is 152 Å². The SMILES string of the molecule is COc1cc(NC2CCN(c3nc4ccccc4o3)CC2)cc(OC)c1. The van der Waals surface area contributed by atoms with Crippen LogP contribution in [0.3, 0.4) is 0 Å². The minimum absolute atomic E-state index is 0.396. The van der Waals surface area contributed by atoms with Crippen molar-refractivity contribution in [1.29, 1.82) is 0 Å². The molecule has 3 aromatic rings. The number of methoxy groups -OCH3 is 2. The van der Waals surface area contributed by atoms with Gasteiger partial charge in [0.25, 0.3) is 6.01 Å². The molecule has 0 aliphatic carbocycles. The molecule has 2 heterocycles. The van der Waals surface area contributed by atoms with Crippen molar-refractivity contribution in [2.45, 2.75) is 18.9 Å². The van der Waals surface area contributed by atoms with E-state index in [-0.39, 0.29) is 0 Å². The number of oxazole rings is 1. The zero-order valence-corrected chi connectivity index (χ0v) is 15.1. The summed E-state index contributed by atoms with van der Waals surface area (Å²) < 4.78 is 16.6. The zero-order valence-electron chi connectivity index (χ0n) is 15.1. The van der Waals surface area contributed by atoms with E-state index < -0.39 is 0 Å². The van der Waals surface area contributed by atoms with Crippen LogP contribution in [0.5, 0.6) is 11.5 Å². The second-order valence-electron chi connectivity index (χ2n) is 6.47. The molecular formula is C20H23N3O3. The van der Waals surface area contributed by atoms with Gasteiger partial charge in [-0.3, -0.25) is 0 Å². The molecule has 0 amide bonds. The van der Waals surface area contributed by atoms with E-state index in [0.717, 1.165) is 54.2 Å². The lowest BCUT2D eigenvalue weighted by molar-refractivity contribution is 0.394. The van der Waals surface area contributed by atoms with E-state index in [9.17, 15) is 0 Å². The van der Waals surface area contributed by atoms with Crippen molar-refractivity contribution in [2.75, 3.05) is 37.5 Å². The van der Waals surface area contributed by atoms with Gasteiger partial charge >= 0.3 is 0 Å². The van der Waals surface area contributed by atoms with E-state index in [0.29, 0.717) is 12.1 Å². The molecule has 1 aliphatic heterocycles. The van der Waals surface area contributed by atoms with Gasteiger partial charge in [0.1, 0.15) is 17.0 Å². The number of piperidine rings is 1. The number of hydrogen-bond donors (Lipinski definition) is 1. The molecule has 0 saturated carbocycles. The fourth-order valence-corrected chi connectivity index (χ4v) is 3.34. The van der Waals surface area contributed by atoms with E-state index >= 15 is 0 Å². The fraction of sp³-hybridized carbons (Fsp3) is 0.350. The molecule has 26 heavy (non-hydrogen) atoms. The Bertz CT molecular complexity index is 830. The van der Waals surface area contributed by atoms with Crippen molar-refractivity contribution >= 4 is 22.8 Å². The minimum atomic E-state index is 0.396. The molecule has 1 N–H and O–H groups in total. The lowest BCUT2D eigenvalue weighted by atomic mass is 10.0. The number of ether oxygens (including phenoxy) is 2. The molecule has 6 heteroatoms. The quantitative estimate of drug-likeness (QED) is 0.750. The van der Waals surface area contributed by atoms with Crippen molar-refractivity contribution < 1.29 is 13.9 Å². The van der Waals surface area contributed by atoms with Crippen LogP contribution in [0.15, 0.2) is 46.9 Å². The predicted octanol–water partition coefficient (Wildman–Crippen LogP) is 3.93. The molecule has 2 aromatic carbocycles. The van der Waals surface area contributed by atoms with Gasteiger partial charge in [-0.2, -0.15) is 4.98 Å². The third kappa shape index (κ3) is 3.40. The van der Waals surface area contributed by atoms with Crippen LogP contribution in [0.4, 0.5) is 11.7 Å². The van der Waals surface area contributed by atoms with Crippen LogP contribution >= 0.6 is 0 Å². The van der Waals surface area contributed by atoms with Crippen LogP contribution in [0.25, 0.3) is 11.1 Å². The molecule has 4 rings (SSSR count). The number of fused-ring (bicyclic) bond motifs is 1. The monoisotopic (exact) mass is 353 g/mol. The Kier molecular flexibility index (Phi) is 4.56. The molecular weight excluding hydrogens is 330 g/mol. The van der Waals surface area contributed by atoms with Gasteiger partial charge in [0.2, 0.25) is 0 Å². The number of hydrogen-bond acceptors (Lipinski definition) is 6. The Morgan fingerprint density at radius 3 is 2.38 bits per heavy atom. The van der Waals surface area contributed by atoms with Gasteiger partial charge in [0, 0.05) is 43.0 Å². The topological polar surface area (TPSA) is 59.8 Å². The van der Waals surface area contributed by atoms with E-state index in [2.05, 4.69) is 15.2 Å². The predicted molar refractivity (Wildman–Crippen MR) is 102 cm³/mol. The van der Waals surface area contributed by atoms with E-state index in [4.69, 9.17) is 13.9 Å². The molecule has 6 nitrogen and oxygen atoms in total. The van der Waals surface area contributed by atoms with Crippen LogP contribution in [0, 0.1) is 0 Å². The Morgan fingerprint density at radius 2 is 1.73 bits per heavy atom. The molecule has 0 unspecified atom stereocenters. The summed E-state index contributed by atoms with van der Waals surface area (Å²) in [5.74, 6) is 1.58. The highest BCUT2D eigenvalue weighted by atomic mass is 16.5. The summed E-state index contributed by atoms with van der Waals surface area (Å²) in [6, 6.07) is 14.9. The molecule has 136 valence electrons. The summed E-state index contributed by atoms with van der Waals surface area (Å²) >= 11 is 0. The van der Waals surface area contributed by atoms with E-state index in [1.54, 1.807) is 14.2 Å². The van der Waals surface area contributed by atoms with Gasteiger partial charge < -0.3 is 24.1 Å². The van der Waals surface area contributed by atoms with Crippen LogP contribution < -0.4 is 19.7 Å². The summed E-state index contributed by atoms with van der Waals surface area (Å²) in [7, 11) is 3.33. The van der Waals surface area contributed by atoms with Crippen LogP contribution in [0.1, 0.15) is 12.8 Å². The first-order chi connectivity index (χ1) is 12.7. The lowest BCUT2D eigenvalue weighted by Crippen LogP contribution is -2.39. The second-order valence-corrected chi connectivity index (χ2v) is 6.47. The zero-order chi connectivity index (χ0) is 17.9. The number of benzene rings is 2. The first-order valence-electron chi connectivity index (χ1n) is 8.85. The first-order valence-corrected chi connectivity index (χ1v) is 8.85. The molecule has 1 fully saturated rings. The Morgan fingerprint density at radius 1 is 1.04 bits per heavy atom. The number of nitrogens with zero attached hydrogens (tertiary/aromatic N) is 2. The first kappa shape index (κ1) is 16.6. The van der Waals surface area contributed by atoms with Crippen molar-refractivity contribution in [1.82, 2.24) is 4.98 Å². The second kappa shape index (κ2) is 7.15. The maximum absolute atomic E-state index is 5.88. The smallest absolute Gasteiger partial charge is 0.298 e. The summed E-state index contributed by atoms with van der Waals surface area (Å²) in [6.07, 6.45) is 2.02. The Hall–Kier alpha value is -2.89. The maximum atomic E-state index is 5.88. The normalized spacial score (nSPS) is 15.2. The molecule has 0 spiro atoms. The van der Waals surface area contributed by atoms with Gasteiger partial charge in [0.05, 0.1) is 14.2 Å². The number of anilines is 2. The summed E-state index contributed by atoms with van der Waals surface area (Å²) in [4.78, 5) is 6.81. The number of rotatable bonds is 5. The van der Waals surface area contributed by atoms with Gasteiger partial charge in [-0.25, -0.2) is 0 Å². The number of para-hydroxylation sites is 2. The molecule has 1 aliphatic rings. The van der Waals surface area contributed by atoms with Gasteiger partial charge in [-0.1, -0.05) is 12.1 Å². The molecule has 0 bridgehead atoms.